The highest BCUT2D eigenvalue weighted by molar-refractivity contribution is 6.75. The van der Waals surface area contributed by atoms with Crippen LogP contribution >= 0.6 is 0 Å². The Morgan fingerprint density at radius 1 is 0.800 bits per heavy atom. The zero-order chi connectivity index (χ0) is 33.8. The Hall–Kier alpha value is -1.16. The van der Waals surface area contributed by atoms with Crippen LogP contribution in [-0.2, 0) is 18.0 Å². The monoisotopic (exact) mass is 677 g/mol. The first kappa shape index (κ1) is 36.7. The third-order valence-electron chi connectivity index (χ3n) is 11.5. The molecule has 2 aromatic rings. The number of anilines is 1. The van der Waals surface area contributed by atoms with Crippen LogP contribution in [0.15, 0.2) is 12.5 Å². The van der Waals surface area contributed by atoms with Gasteiger partial charge in [-0.15, -0.1) is 0 Å². The van der Waals surface area contributed by atoms with Crippen LogP contribution < -0.4 is 5.32 Å². The van der Waals surface area contributed by atoms with Crippen molar-refractivity contribution in [2.75, 3.05) is 11.9 Å². The van der Waals surface area contributed by atoms with Gasteiger partial charge in [0.1, 0.15) is 23.8 Å². The molecule has 2 fully saturated rings. The highest BCUT2D eigenvalue weighted by atomic mass is 28.4. The first-order valence-electron chi connectivity index (χ1n) is 17.0. The van der Waals surface area contributed by atoms with Gasteiger partial charge in [0, 0.05) is 6.04 Å². The summed E-state index contributed by atoms with van der Waals surface area (Å²) < 4.78 is 30.6. The highest BCUT2D eigenvalue weighted by Crippen LogP contribution is 2.47. The summed E-state index contributed by atoms with van der Waals surface area (Å²) in [5.41, 5.74) is 1.49. The first-order chi connectivity index (χ1) is 20.4. The Morgan fingerprint density at radius 2 is 1.33 bits per heavy atom. The van der Waals surface area contributed by atoms with Crippen LogP contribution in [0.3, 0.4) is 0 Å². The molecular weight excluding hydrogens is 615 g/mol. The van der Waals surface area contributed by atoms with Crippen LogP contribution in [0.5, 0.6) is 0 Å². The van der Waals surface area contributed by atoms with Crippen LogP contribution in [-0.4, -0.2) is 75.4 Å². The van der Waals surface area contributed by atoms with E-state index in [0.717, 1.165) is 24.0 Å². The van der Waals surface area contributed by atoms with Crippen molar-refractivity contribution in [2.24, 2.45) is 0 Å². The van der Waals surface area contributed by atoms with Crippen LogP contribution in [0.1, 0.15) is 94.2 Å². The molecule has 1 saturated heterocycles. The molecule has 2 aliphatic rings. The van der Waals surface area contributed by atoms with Gasteiger partial charge in [-0.05, 0) is 67.2 Å². The van der Waals surface area contributed by atoms with Crippen LogP contribution in [0.25, 0.3) is 11.2 Å². The fourth-order valence-electron chi connectivity index (χ4n) is 5.21. The molecule has 0 spiro atoms. The van der Waals surface area contributed by atoms with Crippen molar-refractivity contribution in [3.63, 3.8) is 0 Å². The quantitative estimate of drug-likeness (QED) is 0.249. The summed E-state index contributed by atoms with van der Waals surface area (Å²) in [4.78, 5) is 14.3. The SMILES string of the molecule is CC(C)(C)[Si](C)(C)OC[C@H]1O[C@@H](n2cnc3cnc(NC4CCCC4)nc32)[C@H](O[Si](C)(C)C(C)(C)C)[C@@H]1O[Si](C)(C)C(C)(C)C. The molecule has 0 aromatic carbocycles. The Morgan fingerprint density at radius 3 is 1.87 bits per heavy atom. The van der Waals surface area contributed by atoms with Crippen molar-refractivity contribution in [1.82, 2.24) is 19.5 Å². The van der Waals surface area contributed by atoms with E-state index in [-0.39, 0.29) is 33.4 Å². The fraction of sp³-hybridized carbons (Fsp3) is 0.848. The van der Waals surface area contributed by atoms with Gasteiger partial charge in [-0.1, -0.05) is 75.2 Å². The normalized spacial score (nSPS) is 24.6. The Kier molecular flexibility index (Phi) is 10.4. The summed E-state index contributed by atoms with van der Waals surface area (Å²) in [6.07, 6.45) is 7.01. The molecule has 3 heterocycles. The molecule has 1 aliphatic carbocycles. The Bertz CT molecular complexity index is 1310. The van der Waals surface area contributed by atoms with Crippen molar-refractivity contribution >= 4 is 42.1 Å². The molecule has 4 rings (SSSR count). The van der Waals surface area contributed by atoms with E-state index in [2.05, 4.69) is 116 Å². The minimum absolute atomic E-state index is 0.00630. The van der Waals surface area contributed by atoms with Gasteiger partial charge < -0.3 is 23.3 Å². The van der Waals surface area contributed by atoms with E-state index in [0.29, 0.717) is 18.6 Å². The number of fused-ring (bicyclic) bond motifs is 1. The molecule has 4 atom stereocenters. The second kappa shape index (κ2) is 12.7. The second-order valence-corrected chi connectivity index (χ2v) is 32.3. The average molecular weight is 678 g/mol. The zero-order valence-corrected chi connectivity index (χ0v) is 34.0. The zero-order valence-electron chi connectivity index (χ0n) is 31.0. The Balaban J connectivity index is 1.80. The maximum atomic E-state index is 7.35. The molecule has 0 amide bonds. The van der Waals surface area contributed by atoms with Crippen LogP contribution in [0, 0.1) is 0 Å². The van der Waals surface area contributed by atoms with Crippen molar-refractivity contribution in [3.8, 4) is 0 Å². The van der Waals surface area contributed by atoms with Gasteiger partial charge in [-0.3, -0.25) is 4.57 Å². The van der Waals surface area contributed by atoms with Crippen LogP contribution in [0.4, 0.5) is 5.95 Å². The van der Waals surface area contributed by atoms with Gasteiger partial charge in [0.2, 0.25) is 5.95 Å². The van der Waals surface area contributed by atoms with Crippen LogP contribution in [0.2, 0.25) is 54.4 Å². The van der Waals surface area contributed by atoms with E-state index < -0.39 is 31.2 Å². The predicted octanol–water partition coefficient (Wildman–Crippen LogP) is 8.88. The standard InChI is InChI=1S/C33H63N5O4Si3/c1-31(2,3)43(10,11)39-21-25-26(41-44(12,13)32(4,5)6)27(42-45(14,15)33(7,8)9)29(40-25)38-22-35-24-20-34-30(37-28(24)38)36-23-18-16-17-19-23/h20,22-23,25-27,29H,16-19,21H2,1-15H3,(H,34,36,37)/t25-,26-,27-,29-/m1/s1. The van der Waals surface area contributed by atoms with Gasteiger partial charge in [-0.25, -0.2) is 9.97 Å². The molecule has 1 N–H and O–H groups in total. The summed E-state index contributed by atoms with van der Waals surface area (Å²) in [5, 5.41) is 3.67. The molecule has 2 aromatic heterocycles. The lowest BCUT2D eigenvalue weighted by atomic mass is 10.1. The molecular formula is C33H63N5O4Si3. The molecule has 9 nitrogen and oxygen atoms in total. The summed E-state index contributed by atoms with van der Waals surface area (Å²) >= 11 is 0. The van der Waals surface area contributed by atoms with Gasteiger partial charge >= 0.3 is 0 Å². The fourth-order valence-corrected chi connectivity index (χ4v) is 8.83. The molecule has 1 saturated carbocycles. The van der Waals surface area contributed by atoms with E-state index in [1.807, 2.05) is 12.5 Å². The summed E-state index contributed by atoms with van der Waals surface area (Å²) in [5.74, 6) is 0.642. The third-order valence-corrected chi connectivity index (χ3v) is 24.9. The van der Waals surface area contributed by atoms with Gasteiger partial charge in [0.25, 0.3) is 0 Å². The second-order valence-electron chi connectivity index (χ2n) is 18.0. The average Bonchev–Trinajstić information content (AvgIpc) is 3.61. The van der Waals surface area contributed by atoms with E-state index in [4.69, 9.17) is 28.0 Å². The van der Waals surface area contributed by atoms with Gasteiger partial charge in [-0.2, -0.15) is 4.98 Å². The van der Waals surface area contributed by atoms with E-state index in [1.54, 1.807) is 0 Å². The first-order valence-corrected chi connectivity index (χ1v) is 25.8. The van der Waals surface area contributed by atoms with Crippen molar-refractivity contribution in [2.45, 2.75) is 173 Å². The van der Waals surface area contributed by atoms with Crippen molar-refractivity contribution < 1.29 is 18.0 Å². The number of imidazole rings is 1. The molecule has 1 aliphatic heterocycles. The number of hydrogen-bond acceptors (Lipinski definition) is 8. The Labute approximate surface area is 276 Å². The maximum Gasteiger partial charge on any atom is 0.224 e. The summed E-state index contributed by atoms with van der Waals surface area (Å²) in [6, 6.07) is 0.412. The van der Waals surface area contributed by atoms with E-state index in [1.165, 1.54) is 12.8 Å². The summed E-state index contributed by atoms with van der Waals surface area (Å²) in [7, 11) is -6.56. The predicted molar refractivity (Wildman–Crippen MR) is 192 cm³/mol. The summed E-state index contributed by atoms with van der Waals surface area (Å²) in [6.45, 7) is 34.9. The molecule has 12 heteroatoms. The number of nitrogens with zero attached hydrogens (tertiary/aromatic N) is 4. The molecule has 45 heavy (non-hydrogen) atoms. The van der Waals surface area contributed by atoms with Crippen molar-refractivity contribution in [3.05, 3.63) is 12.5 Å². The van der Waals surface area contributed by atoms with Crippen molar-refractivity contribution in [1.29, 1.82) is 0 Å². The molecule has 0 unspecified atom stereocenters. The third kappa shape index (κ3) is 7.94. The lowest BCUT2D eigenvalue weighted by Gasteiger charge is -2.44. The number of rotatable bonds is 10. The largest absolute Gasteiger partial charge is 0.414 e. The highest BCUT2D eigenvalue weighted by Gasteiger charge is 2.55. The van der Waals surface area contributed by atoms with E-state index in [9.17, 15) is 0 Å². The minimum atomic E-state index is -2.27. The number of hydrogen-bond donors (Lipinski definition) is 1. The molecule has 256 valence electrons. The smallest absolute Gasteiger partial charge is 0.224 e. The lowest BCUT2D eigenvalue weighted by Crippen LogP contribution is -2.54. The number of nitrogens with one attached hydrogen (secondary N) is 1. The molecule has 0 radical (unpaired) electrons. The van der Waals surface area contributed by atoms with Gasteiger partial charge in [0.15, 0.2) is 36.8 Å². The number of ether oxygens (including phenoxy) is 1. The number of aromatic nitrogens is 4. The topological polar surface area (TPSA) is 92.6 Å². The van der Waals surface area contributed by atoms with E-state index >= 15 is 0 Å². The lowest BCUT2D eigenvalue weighted by molar-refractivity contribution is -0.0470. The molecule has 0 bridgehead atoms. The minimum Gasteiger partial charge on any atom is -0.414 e. The van der Waals surface area contributed by atoms with Gasteiger partial charge in [0.05, 0.1) is 19.1 Å². The maximum absolute atomic E-state index is 7.35.